The zero-order chi connectivity index (χ0) is 13.3. The standard InChI is InChI=1S/C14H18ClN3/c1-9(8-16)14-10(2)17-18(11(14)3)13-7-5-4-6-12(13)15/h4-7,9H,8,16H2,1-3H3. The van der Waals surface area contributed by atoms with Gasteiger partial charge in [-0.15, -0.1) is 0 Å². The van der Waals surface area contributed by atoms with Crippen molar-refractivity contribution >= 4 is 11.6 Å². The molecule has 3 nitrogen and oxygen atoms in total. The third kappa shape index (κ3) is 2.16. The molecule has 2 aromatic rings. The zero-order valence-electron chi connectivity index (χ0n) is 10.9. The predicted octanol–water partition coefficient (Wildman–Crippen LogP) is 3.20. The van der Waals surface area contributed by atoms with Crippen molar-refractivity contribution in [2.75, 3.05) is 6.54 Å². The number of halogens is 1. The molecule has 1 aromatic carbocycles. The highest BCUT2D eigenvalue weighted by molar-refractivity contribution is 6.32. The summed E-state index contributed by atoms with van der Waals surface area (Å²) in [6.45, 7) is 6.82. The van der Waals surface area contributed by atoms with Crippen LogP contribution in [0, 0.1) is 13.8 Å². The van der Waals surface area contributed by atoms with Gasteiger partial charge in [0, 0.05) is 11.3 Å². The smallest absolute Gasteiger partial charge is 0.0835 e. The molecule has 0 fully saturated rings. The molecule has 1 atom stereocenters. The molecule has 2 N–H and O–H groups in total. The van der Waals surface area contributed by atoms with Gasteiger partial charge in [0.1, 0.15) is 0 Å². The third-order valence-corrected chi connectivity index (χ3v) is 3.59. The maximum Gasteiger partial charge on any atom is 0.0835 e. The van der Waals surface area contributed by atoms with Crippen molar-refractivity contribution < 1.29 is 0 Å². The Morgan fingerprint density at radius 2 is 2.00 bits per heavy atom. The average molecular weight is 264 g/mol. The summed E-state index contributed by atoms with van der Waals surface area (Å²) < 4.78 is 1.90. The lowest BCUT2D eigenvalue weighted by Gasteiger charge is -2.10. The molecular formula is C14H18ClN3. The van der Waals surface area contributed by atoms with E-state index in [0.717, 1.165) is 17.1 Å². The second-order valence-electron chi connectivity index (χ2n) is 4.58. The van der Waals surface area contributed by atoms with E-state index in [0.29, 0.717) is 17.5 Å². The van der Waals surface area contributed by atoms with Crippen LogP contribution in [-0.2, 0) is 0 Å². The van der Waals surface area contributed by atoms with E-state index in [1.807, 2.05) is 35.9 Å². The number of nitrogens with two attached hydrogens (primary N) is 1. The fourth-order valence-corrected chi connectivity index (χ4v) is 2.56. The van der Waals surface area contributed by atoms with Crippen molar-refractivity contribution in [3.8, 4) is 5.69 Å². The van der Waals surface area contributed by atoms with Gasteiger partial charge in [0.05, 0.1) is 16.4 Å². The van der Waals surface area contributed by atoms with Gasteiger partial charge in [0.15, 0.2) is 0 Å². The molecule has 1 unspecified atom stereocenters. The fourth-order valence-electron chi connectivity index (χ4n) is 2.34. The van der Waals surface area contributed by atoms with Gasteiger partial charge >= 0.3 is 0 Å². The Morgan fingerprint density at radius 1 is 1.33 bits per heavy atom. The van der Waals surface area contributed by atoms with Gasteiger partial charge in [0.25, 0.3) is 0 Å². The first-order chi connectivity index (χ1) is 8.56. The summed E-state index contributed by atoms with van der Waals surface area (Å²) in [5.41, 5.74) is 10.0. The van der Waals surface area contributed by atoms with Gasteiger partial charge in [-0.3, -0.25) is 0 Å². The Kier molecular flexibility index (Phi) is 3.73. The highest BCUT2D eigenvalue weighted by atomic mass is 35.5. The first-order valence-electron chi connectivity index (χ1n) is 6.07. The summed E-state index contributed by atoms with van der Waals surface area (Å²) >= 11 is 6.22. The highest BCUT2D eigenvalue weighted by Gasteiger charge is 2.18. The normalized spacial score (nSPS) is 12.7. The highest BCUT2D eigenvalue weighted by Crippen LogP contribution is 2.27. The van der Waals surface area contributed by atoms with Crippen molar-refractivity contribution in [1.29, 1.82) is 0 Å². The summed E-state index contributed by atoms with van der Waals surface area (Å²) in [4.78, 5) is 0. The van der Waals surface area contributed by atoms with Crippen LogP contribution in [0.15, 0.2) is 24.3 Å². The molecule has 0 saturated heterocycles. The van der Waals surface area contributed by atoms with Gasteiger partial charge in [-0.25, -0.2) is 4.68 Å². The number of para-hydroxylation sites is 1. The molecule has 4 heteroatoms. The van der Waals surface area contributed by atoms with E-state index >= 15 is 0 Å². The van der Waals surface area contributed by atoms with Gasteiger partial charge in [-0.2, -0.15) is 5.10 Å². The second-order valence-corrected chi connectivity index (χ2v) is 4.99. The lowest BCUT2D eigenvalue weighted by Crippen LogP contribution is -2.10. The fraction of sp³-hybridized carbons (Fsp3) is 0.357. The van der Waals surface area contributed by atoms with Crippen LogP contribution in [0.4, 0.5) is 0 Å². The first-order valence-corrected chi connectivity index (χ1v) is 6.45. The molecule has 0 saturated carbocycles. The number of benzene rings is 1. The SMILES string of the molecule is Cc1nn(-c2ccccc2Cl)c(C)c1C(C)CN. The Bertz CT molecular complexity index is 560. The van der Waals surface area contributed by atoms with Crippen LogP contribution in [-0.4, -0.2) is 16.3 Å². The van der Waals surface area contributed by atoms with Crippen LogP contribution < -0.4 is 5.73 Å². The summed E-state index contributed by atoms with van der Waals surface area (Å²) in [7, 11) is 0. The molecule has 96 valence electrons. The molecule has 0 amide bonds. The molecule has 0 spiro atoms. The monoisotopic (exact) mass is 263 g/mol. The lowest BCUT2D eigenvalue weighted by molar-refractivity contribution is 0.759. The lowest BCUT2D eigenvalue weighted by atomic mass is 9.99. The Hall–Kier alpha value is -1.32. The molecule has 0 aliphatic heterocycles. The number of hydrogen-bond acceptors (Lipinski definition) is 2. The second kappa shape index (κ2) is 5.12. The van der Waals surface area contributed by atoms with Crippen LogP contribution in [0.3, 0.4) is 0 Å². The topological polar surface area (TPSA) is 43.8 Å². The van der Waals surface area contributed by atoms with Crippen LogP contribution >= 0.6 is 11.6 Å². The summed E-state index contributed by atoms with van der Waals surface area (Å²) in [5.74, 6) is 0.307. The Labute approximate surface area is 113 Å². The molecule has 0 radical (unpaired) electrons. The van der Waals surface area contributed by atoms with Crippen molar-refractivity contribution in [2.45, 2.75) is 26.7 Å². The molecular weight excluding hydrogens is 246 g/mol. The quantitative estimate of drug-likeness (QED) is 0.924. The van der Waals surface area contributed by atoms with Gasteiger partial charge in [-0.1, -0.05) is 30.7 Å². The van der Waals surface area contributed by atoms with E-state index in [4.69, 9.17) is 17.3 Å². The predicted molar refractivity (Wildman–Crippen MR) is 75.5 cm³/mol. The van der Waals surface area contributed by atoms with E-state index in [9.17, 15) is 0 Å². The number of aryl methyl sites for hydroxylation is 1. The van der Waals surface area contributed by atoms with Crippen LogP contribution in [0.25, 0.3) is 5.69 Å². The van der Waals surface area contributed by atoms with E-state index in [2.05, 4.69) is 18.9 Å². The number of hydrogen-bond donors (Lipinski definition) is 1. The van der Waals surface area contributed by atoms with E-state index in [1.165, 1.54) is 5.56 Å². The van der Waals surface area contributed by atoms with Gasteiger partial charge in [0.2, 0.25) is 0 Å². The minimum absolute atomic E-state index is 0.307. The van der Waals surface area contributed by atoms with E-state index in [-0.39, 0.29) is 0 Å². The van der Waals surface area contributed by atoms with Crippen molar-refractivity contribution in [2.24, 2.45) is 5.73 Å². The third-order valence-electron chi connectivity index (χ3n) is 3.27. The average Bonchev–Trinajstić information content (AvgIpc) is 2.65. The van der Waals surface area contributed by atoms with Gasteiger partial charge < -0.3 is 5.73 Å². The Balaban J connectivity index is 2.58. The minimum atomic E-state index is 0.307. The minimum Gasteiger partial charge on any atom is -0.330 e. The molecule has 1 aromatic heterocycles. The van der Waals surface area contributed by atoms with E-state index in [1.54, 1.807) is 0 Å². The molecule has 18 heavy (non-hydrogen) atoms. The molecule has 0 bridgehead atoms. The molecule has 1 heterocycles. The van der Waals surface area contributed by atoms with Crippen molar-refractivity contribution in [3.05, 3.63) is 46.2 Å². The molecule has 0 aliphatic rings. The van der Waals surface area contributed by atoms with Gasteiger partial charge in [-0.05, 0) is 38.4 Å². The van der Waals surface area contributed by atoms with Crippen LogP contribution in [0.1, 0.15) is 29.8 Å². The summed E-state index contributed by atoms with van der Waals surface area (Å²) in [6.07, 6.45) is 0. The maximum absolute atomic E-state index is 6.22. The van der Waals surface area contributed by atoms with Crippen molar-refractivity contribution in [3.63, 3.8) is 0 Å². The van der Waals surface area contributed by atoms with Crippen LogP contribution in [0.2, 0.25) is 5.02 Å². The van der Waals surface area contributed by atoms with Crippen molar-refractivity contribution in [1.82, 2.24) is 9.78 Å². The molecule has 2 rings (SSSR count). The Morgan fingerprint density at radius 3 is 2.61 bits per heavy atom. The first kappa shape index (κ1) is 13.1. The molecule has 0 aliphatic carbocycles. The summed E-state index contributed by atoms with van der Waals surface area (Å²) in [5, 5.41) is 5.29. The number of nitrogens with zero attached hydrogens (tertiary/aromatic N) is 2. The summed E-state index contributed by atoms with van der Waals surface area (Å²) in [6, 6.07) is 7.72. The number of aromatic nitrogens is 2. The maximum atomic E-state index is 6.22. The van der Waals surface area contributed by atoms with Crippen LogP contribution in [0.5, 0.6) is 0 Å². The largest absolute Gasteiger partial charge is 0.330 e. The van der Waals surface area contributed by atoms with E-state index < -0.39 is 0 Å². The zero-order valence-corrected chi connectivity index (χ0v) is 11.7. The number of rotatable bonds is 3.